The number of anilines is 1. The van der Waals surface area contributed by atoms with E-state index in [1.807, 2.05) is 69.3 Å². The Labute approximate surface area is 148 Å². The van der Waals surface area contributed by atoms with Crippen molar-refractivity contribution in [2.75, 3.05) is 11.4 Å². The van der Waals surface area contributed by atoms with E-state index in [9.17, 15) is 9.59 Å². The maximum absolute atomic E-state index is 12.6. The molecule has 0 aliphatic carbocycles. The number of para-hydroxylation sites is 1. The number of nitrogens with zero attached hydrogens (tertiary/aromatic N) is 1. The van der Waals surface area contributed by atoms with Gasteiger partial charge in [-0.3, -0.25) is 9.59 Å². The lowest BCUT2D eigenvalue weighted by atomic mass is 10.0. The first kappa shape index (κ1) is 17.2. The van der Waals surface area contributed by atoms with Gasteiger partial charge in [0.25, 0.3) is 0 Å². The average Bonchev–Trinajstić information content (AvgIpc) is 2.97. The molecule has 0 unspecified atom stereocenters. The summed E-state index contributed by atoms with van der Waals surface area (Å²) >= 11 is 0. The summed E-state index contributed by atoms with van der Waals surface area (Å²) in [5, 5.41) is 3.04. The zero-order valence-corrected chi connectivity index (χ0v) is 15.0. The van der Waals surface area contributed by atoms with Crippen LogP contribution < -0.4 is 10.2 Å². The summed E-state index contributed by atoms with van der Waals surface area (Å²) < 4.78 is 0. The lowest BCUT2D eigenvalue weighted by molar-refractivity contribution is -0.126. The Balaban J connectivity index is 1.71. The smallest absolute Gasteiger partial charge is 0.227 e. The second-order valence-corrected chi connectivity index (χ2v) is 6.79. The molecular weight excluding hydrogens is 312 g/mol. The van der Waals surface area contributed by atoms with Gasteiger partial charge in [0, 0.05) is 18.7 Å². The molecule has 1 aliphatic heterocycles. The second kappa shape index (κ2) is 7.09. The Morgan fingerprint density at radius 3 is 2.36 bits per heavy atom. The standard InChI is InChI=1S/C21H24N2O2/c1-14-8-7-9-15(2)20(14)23-13-18(12-19(23)24)21(25)22-16(3)17-10-5-4-6-11-17/h4-11,16,18H,12-13H2,1-3H3,(H,22,25)/t16-,18+/m1/s1. The normalized spacial score (nSPS) is 18.3. The zero-order valence-electron chi connectivity index (χ0n) is 15.0. The van der Waals surface area contributed by atoms with Gasteiger partial charge in [-0.2, -0.15) is 0 Å². The molecule has 1 aliphatic rings. The Morgan fingerprint density at radius 1 is 1.08 bits per heavy atom. The molecule has 1 N–H and O–H groups in total. The maximum atomic E-state index is 12.6. The molecule has 4 heteroatoms. The van der Waals surface area contributed by atoms with Crippen LogP contribution >= 0.6 is 0 Å². The number of carbonyl (C=O) groups is 2. The molecule has 0 saturated carbocycles. The number of rotatable bonds is 4. The van der Waals surface area contributed by atoms with Crippen LogP contribution in [0, 0.1) is 19.8 Å². The molecular formula is C21H24N2O2. The number of benzene rings is 2. The molecule has 1 saturated heterocycles. The summed E-state index contributed by atoms with van der Waals surface area (Å²) in [6, 6.07) is 15.8. The first-order chi connectivity index (χ1) is 12.0. The fraction of sp³-hybridized carbons (Fsp3) is 0.333. The van der Waals surface area contributed by atoms with E-state index in [4.69, 9.17) is 0 Å². The van der Waals surface area contributed by atoms with Gasteiger partial charge in [0.05, 0.1) is 12.0 Å². The Bertz CT molecular complexity index is 765. The van der Waals surface area contributed by atoms with E-state index >= 15 is 0 Å². The number of aryl methyl sites for hydroxylation is 2. The molecule has 130 valence electrons. The molecule has 2 aromatic rings. The third kappa shape index (κ3) is 3.58. The molecule has 0 bridgehead atoms. The molecule has 3 rings (SSSR count). The molecule has 4 nitrogen and oxygen atoms in total. The highest BCUT2D eigenvalue weighted by Crippen LogP contribution is 2.31. The van der Waals surface area contributed by atoms with Crippen molar-refractivity contribution >= 4 is 17.5 Å². The van der Waals surface area contributed by atoms with E-state index in [-0.39, 0.29) is 30.2 Å². The van der Waals surface area contributed by atoms with Crippen LogP contribution in [0.25, 0.3) is 0 Å². The number of hydrogen-bond acceptors (Lipinski definition) is 2. The first-order valence-corrected chi connectivity index (χ1v) is 8.69. The highest BCUT2D eigenvalue weighted by atomic mass is 16.2. The minimum Gasteiger partial charge on any atom is -0.349 e. The van der Waals surface area contributed by atoms with Crippen molar-refractivity contribution in [1.29, 1.82) is 0 Å². The summed E-state index contributed by atoms with van der Waals surface area (Å²) in [5.41, 5.74) is 4.13. The van der Waals surface area contributed by atoms with Crippen LogP contribution in [0.1, 0.15) is 36.1 Å². The number of nitrogens with one attached hydrogen (secondary N) is 1. The largest absolute Gasteiger partial charge is 0.349 e. The maximum Gasteiger partial charge on any atom is 0.227 e. The third-order valence-electron chi connectivity index (χ3n) is 4.86. The molecule has 1 fully saturated rings. The predicted molar refractivity (Wildman–Crippen MR) is 99.4 cm³/mol. The van der Waals surface area contributed by atoms with Gasteiger partial charge in [-0.1, -0.05) is 48.5 Å². The molecule has 0 radical (unpaired) electrons. The van der Waals surface area contributed by atoms with Gasteiger partial charge in [-0.25, -0.2) is 0 Å². The van der Waals surface area contributed by atoms with Gasteiger partial charge in [0.2, 0.25) is 11.8 Å². The van der Waals surface area contributed by atoms with Crippen LogP contribution in [0.4, 0.5) is 5.69 Å². The van der Waals surface area contributed by atoms with E-state index in [1.54, 1.807) is 4.90 Å². The number of hydrogen-bond donors (Lipinski definition) is 1. The van der Waals surface area contributed by atoms with Crippen molar-refractivity contribution < 1.29 is 9.59 Å². The van der Waals surface area contributed by atoms with E-state index in [2.05, 4.69) is 5.32 Å². The van der Waals surface area contributed by atoms with Crippen molar-refractivity contribution in [3.63, 3.8) is 0 Å². The number of carbonyl (C=O) groups excluding carboxylic acids is 2. The summed E-state index contributed by atoms with van der Waals surface area (Å²) in [5.74, 6) is -0.346. The quantitative estimate of drug-likeness (QED) is 0.928. The molecule has 0 aromatic heterocycles. The summed E-state index contributed by atoms with van der Waals surface area (Å²) in [6.45, 7) is 6.41. The Morgan fingerprint density at radius 2 is 1.72 bits per heavy atom. The number of amides is 2. The van der Waals surface area contributed by atoms with E-state index in [0.29, 0.717) is 6.54 Å². The first-order valence-electron chi connectivity index (χ1n) is 8.69. The fourth-order valence-electron chi connectivity index (χ4n) is 3.49. The molecule has 25 heavy (non-hydrogen) atoms. The molecule has 1 heterocycles. The van der Waals surface area contributed by atoms with E-state index in [1.165, 1.54) is 0 Å². The lowest BCUT2D eigenvalue weighted by Crippen LogP contribution is -2.34. The zero-order chi connectivity index (χ0) is 18.0. The van der Waals surface area contributed by atoms with Crippen LogP contribution in [0.2, 0.25) is 0 Å². The summed E-state index contributed by atoms with van der Waals surface area (Å²) in [7, 11) is 0. The lowest BCUT2D eigenvalue weighted by Gasteiger charge is -2.22. The molecule has 2 amide bonds. The third-order valence-corrected chi connectivity index (χ3v) is 4.86. The average molecular weight is 336 g/mol. The molecule has 0 spiro atoms. The van der Waals surface area contributed by atoms with Gasteiger partial charge in [-0.15, -0.1) is 0 Å². The fourth-order valence-corrected chi connectivity index (χ4v) is 3.49. The Hall–Kier alpha value is -2.62. The van der Waals surface area contributed by atoms with Crippen LogP contribution in [0.15, 0.2) is 48.5 Å². The predicted octanol–water partition coefficient (Wildman–Crippen LogP) is 3.53. The van der Waals surface area contributed by atoms with Gasteiger partial charge >= 0.3 is 0 Å². The van der Waals surface area contributed by atoms with Gasteiger partial charge < -0.3 is 10.2 Å². The minimum absolute atomic E-state index is 0.0184. The van der Waals surface area contributed by atoms with Crippen molar-refractivity contribution in [2.24, 2.45) is 5.92 Å². The van der Waals surface area contributed by atoms with E-state index in [0.717, 1.165) is 22.4 Å². The molecule has 2 atom stereocenters. The van der Waals surface area contributed by atoms with Gasteiger partial charge in [0.1, 0.15) is 0 Å². The van der Waals surface area contributed by atoms with E-state index < -0.39 is 0 Å². The van der Waals surface area contributed by atoms with Crippen LogP contribution in [0.3, 0.4) is 0 Å². The van der Waals surface area contributed by atoms with Crippen molar-refractivity contribution in [3.8, 4) is 0 Å². The van der Waals surface area contributed by atoms with Crippen molar-refractivity contribution in [3.05, 3.63) is 65.2 Å². The summed E-state index contributed by atoms with van der Waals surface area (Å²) in [4.78, 5) is 26.9. The highest BCUT2D eigenvalue weighted by Gasteiger charge is 2.36. The highest BCUT2D eigenvalue weighted by molar-refractivity contribution is 6.01. The van der Waals surface area contributed by atoms with Crippen molar-refractivity contribution in [2.45, 2.75) is 33.2 Å². The van der Waals surface area contributed by atoms with Crippen LogP contribution in [0.5, 0.6) is 0 Å². The van der Waals surface area contributed by atoms with Gasteiger partial charge in [0.15, 0.2) is 0 Å². The Kier molecular flexibility index (Phi) is 4.88. The van der Waals surface area contributed by atoms with Crippen LogP contribution in [-0.4, -0.2) is 18.4 Å². The van der Waals surface area contributed by atoms with Crippen LogP contribution in [-0.2, 0) is 9.59 Å². The monoisotopic (exact) mass is 336 g/mol. The van der Waals surface area contributed by atoms with Crippen molar-refractivity contribution in [1.82, 2.24) is 5.32 Å². The minimum atomic E-state index is -0.308. The SMILES string of the molecule is Cc1cccc(C)c1N1C[C@@H](C(=O)N[C@H](C)c2ccccc2)CC1=O. The molecule has 2 aromatic carbocycles. The topological polar surface area (TPSA) is 49.4 Å². The second-order valence-electron chi connectivity index (χ2n) is 6.79. The van der Waals surface area contributed by atoms with Gasteiger partial charge in [-0.05, 0) is 37.5 Å². The summed E-state index contributed by atoms with van der Waals surface area (Å²) in [6.07, 6.45) is 0.265.